The molecule has 0 aromatic carbocycles. The van der Waals surface area contributed by atoms with E-state index in [1.807, 2.05) is 20.8 Å². The van der Waals surface area contributed by atoms with Crippen LogP contribution in [0, 0.1) is 10.8 Å². The van der Waals surface area contributed by atoms with E-state index in [0.29, 0.717) is 0 Å². The van der Waals surface area contributed by atoms with E-state index in [-0.39, 0.29) is 32.3 Å². The number of amidine groups is 1. The molecular weight excluding hydrogens is 283 g/mol. The maximum atomic E-state index is 6.92. The number of rotatable bonds is 0. The molecule has 0 rings (SSSR count). The molecule has 0 aliphatic rings. The Labute approximate surface area is 64.6 Å². The smallest absolute Gasteiger partial charge is 0.0960 e. The van der Waals surface area contributed by atoms with Gasteiger partial charge in [-0.05, 0) is 0 Å². The van der Waals surface area contributed by atoms with Crippen molar-refractivity contribution in [3.05, 3.63) is 0 Å². The zero-order valence-electron chi connectivity index (χ0n) is 5.39. The Bertz CT molecular complexity index is 82.9. The van der Waals surface area contributed by atoms with Crippen molar-refractivity contribution in [3.8, 4) is 0 Å². The third kappa shape index (κ3) is 4.32. The number of hydrogen-bond acceptors (Lipinski definition) is 1. The summed E-state index contributed by atoms with van der Waals surface area (Å²) in [5.41, 5.74) is 5.01. The summed E-state index contributed by atoms with van der Waals surface area (Å²) in [5.74, 6) is 0.243. The maximum absolute atomic E-state index is 6.92. The van der Waals surface area contributed by atoms with Crippen LogP contribution in [0.2, 0.25) is 0 Å². The minimum absolute atomic E-state index is 0. The van der Waals surface area contributed by atoms with Gasteiger partial charge < -0.3 is 5.73 Å². The minimum atomic E-state index is -0.139. The molecule has 0 atom stereocenters. The normalized spacial score (nSPS) is 9.88. The van der Waals surface area contributed by atoms with Gasteiger partial charge in [0.15, 0.2) is 0 Å². The van der Waals surface area contributed by atoms with Crippen LogP contribution in [0.1, 0.15) is 20.8 Å². The first-order valence-corrected chi connectivity index (χ1v) is 2.29. The molecule has 3 N–H and O–H groups in total. The van der Waals surface area contributed by atoms with Gasteiger partial charge in [0.1, 0.15) is 0 Å². The Kier molecular flexibility index (Phi) is 4.46. The maximum Gasteiger partial charge on any atom is 0.0960 e. The van der Waals surface area contributed by atoms with Gasteiger partial charge in [-0.15, -0.1) is 0 Å². The van der Waals surface area contributed by atoms with Crippen LogP contribution in [-0.2, 0) is 21.1 Å². The first-order valence-electron chi connectivity index (χ1n) is 2.29. The second-order valence-corrected chi connectivity index (χ2v) is 2.66. The van der Waals surface area contributed by atoms with E-state index < -0.39 is 0 Å². The van der Waals surface area contributed by atoms with E-state index >= 15 is 0 Å². The van der Waals surface area contributed by atoms with E-state index in [1.54, 1.807) is 0 Å². The Hall–Kier alpha value is 0.158. The van der Waals surface area contributed by atoms with Crippen molar-refractivity contribution in [1.29, 1.82) is 5.41 Å². The summed E-state index contributed by atoms with van der Waals surface area (Å²) in [6.07, 6.45) is 0. The molecule has 0 radical (unpaired) electrons. The molecule has 0 saturated heterocycles. The van der Waals surface area contributed by atoms with E-state index in [1.165, 1.54) is 0 Å². The van der Waals surface area contributed by atoms with Crippen LogP contribution in [0.15, 0.2) is 0 Å². The van der Waals surface area contributed by atoms with Gasteiger partial charge >= 0.3 is 0 Å². The first kappa shape index (κ1) is 11.0. The van der Waals surface area contributed by atoms with Crippen LogP contribution in [0.3, 0.4) is 0 Å². The van der Waals surface area contributed by atoms with Gasteiger partial charge in [-0.3, -0.25) is 5.41 Å². The third-order valence-electron chi connectivity index (χ3n) is 0.808. The molecule has 0 heterocycles. The van der Waals surface area contributed by atoms with Crippen molar-refractivity contribution in [3.63, 3.8) is 0 Å². The molecule has 0 unspecified atom stereocenters. The molecule has 2 nitrogen and oxygen atoms in total. The Morgan fingerprint density at radius 1 is 1.38 bits per heavy atom. The van der Waals surface area contributed by atoms with Crippen molar-refractivity contribution >= 4 is 5.84 Å². The molecule has 0 aromatic heterocycles. The number of nitrogens with two attached hydrogens (primary N) is 1. The predicted molar refractivity (Wildman–Crippen MR) is 31.4 cm³/mol. The van der Waals surface area contributed by atoms with Crippen molar-refractivity contribution in [2.75, 3.05) is 0 Å². The summed E-state index contributed by atoms with van der Waals surface area (Å²) < 4.78 is 0. The predicted octanol–water partition coefficient (Wildman–Crippen LogP) is 0.966. The van der Waals surface area contributed by atoms with Gasteiger partial charge in [0.25, 0.3) is 0 Å². The van der Waals surface area contributed by atoms with Gasteiger partial charge in [-0.25, -0.2) is 0 Å². The molecule has 0 aromatic rings. The second kappa shape index (κ2) is 3.24. The van der Waals surface area contributed by atoms with Crippen LogP contribution in [-0.4, -0.2) is 5.84 Å². The molecule has 0 aliphatic heterocycles. The van der Waals surface area contributed by atoms with E-state index in [0.717, 1.165) is 0 Å². The van der Waals surface area contributed by atoms with Crippen molar-refractivity contribution in [2.24, 2.45) is 11.1 Å². The van der Waals surface area contributed by atoms with Crippen molar-refractivity contribution < 1.29 is 21.1 Å². The molecule has 0 aliphatic carbocycles. The van der Waals surface area contributed by atoms with Gasteiger partial charge in [0.05, 0.1) is 5.84 Å². The molecule has 52 valence electrons. The molecule has 0 bridgehead atoms. The topological polar surface area (TPSA) is 49.9 Å². The quantitative estimate of drug-likeness (QED) is 0.508. The van der Waals surface area contributed by atoms with Gasteiger partial charge in [-0.2, -0.15) is 0 Å². The monoisotopic (exact) mass is 295 g/mol. The minimum Gasteiger partial charge on any atom is -0.387 e. The van der Waals surface area contributed by atoms with E-state index in [4.69, 9.17) is 11.1 Å². The zero-order valence-corrected chi connectivity index (χ0v) is 7.67. The summed E-state index contributed by atoms with van der Waals surface area (Å²) in [4.78, 5) is 0. The molecule has 0 fully saturated rings. The standard InChI is InChI=1S/C5H12N2.Pt/c1-5(2,3)4(6)7;/h1-3H3,(H3,6,7);. The third-order valence-corrected chi connectivity index (χ3v) is 0.808. The SMILES string of the molecule is CC(C)(C)C(=N)N.[Pt]. The average Bonchev–Trinajstić information content (AvgIpc) is 1.31. The first-order chi connectivity index (χ1) is 2.94. The van der Waals surface area contributed by atoms with Crippen LogP contribution in [0.25, 0.3) is 0 Å². The molecule has 0 amide bonds. The Morgan fingerprint density at radius 2 is 1.50 bits per heavy atom. The summed E-state index contributed by atoms with van der Waals surface area (Å²) in [6, 6.07) is 0. The summed E-state index contributed by atoms with van der Waals surface area (Å²) in [7, 11) is 0. The van der Waals surface area contributed by atoms with E-state index in [2.05, 4.69) is 0 Å². The van der Waals surface area contributed by atoms with Gasteiger partial charge in [0.2, 0.25) is 0 Å². The van der Waals surface area contributed by atoms with Gasteiger partial charge in [0, 0.05) is 26.5 Å². The Morgan fingerprint density at radius 3 is 1.50 bits per heavy atom. The summed E-state index contributed by atoms with van der Waals surface area (Å²) >= 11 is 0. The van der Waals surface area contributed by atoms with Crippen molar-refractivity contribution in [2.45, 2.75) is 20.8 Å². The molecule has 3 heteroatoms. The van der Waals surface area contributed by atoms with Crippen LogP contribution in [0.5, 0.6) is 0 Å². The van der Waals surface area contributed by atoms with Crippen LogP contribution >= 0.6 is 0 Å². The fraction of sp³-hybridized carbons (Fsp3) is 0.800. The summed E-state index contributed by atoms with van der Waals surface area (Å²) in [6.45, 7) is 5.74. The number of nitrogens with one attached hydrogen (secondary N) is 1. The molecule has 0 spiro atoms. The fourth-order valence-electron chi connectivity index (χ4n) is 0. The molecule has 0 saturated carbocycles. The van der Waals surface area contributed by atoms with Crippen molar-refractivity contribution in [1.82, 2.24) is 0 Å². The average molecular weight is 295 g/mol. The molecule has 8 heavy (non-hydrogen) atoms. The zero-order chi connectivity index (χ0) is 6.08. The van der Waals surface area contributed by atoms with Crippen LogP contribution in [0.4, 0.5) is 0 Å². The number of hydrogen-bond donors (Lipinski definition) is 2. The van der Waals surface area contributed by atoms with E-state index in [9.17, 15) is 0 Å². The fourth-order valence-corrected chi connectivity index (χ4v) is 0. The summed E-state index contributed by atoms with van der Waals surface area (Å²) in [5, 5.41) is 6.92. The van der Waals surface area contributed by atoms with Gasteiger partial charge in [-0.1, -0.05) is 20.8 Å². The Balaban J connectivity index is 0. The van der Waals surface area contributed by atoms with Crippen LogP contribution < -0.4 is 5.73 Å². The largest absolute Gasteiger partial charge is 0.387 e. The molecular formula is C5H12N2Pt. The second-order valence-electron chi connectivity index (χ2n) is 2.66.